The minimum absolute atomic E-state index is 0.124. The number of anilines is 3. The van der Waals surface area contributed by atoms with E-state index in [-0.39, 0.29) is 31.0 Å². The monoisotopic (exact) mass is 560 g/mol. The van der Waals surface area contributed by atoms with Gasteiger partial charge >= 0.3 is 0 Å². The quantitative estimate of drug-likeness (QED) is 0.225. The highest BCUT2D eigenvalue weighted by Crippen LogP contribution is 2.48. The van der Waals surface area contributed by atoms with Gasteiger partial charge in [-0.15, -0.1) is 0 Å². The zero-order chi connectivity index (χ0) is 22.3. The van der Waals surface area contributed by atoms with Crippen LogP contribution in [-0.2, 0) is 10.0 Å². The van der Waals surface area contributed by atoms with Gasteiger partial charge in [0, 0.05) is 9.64 Å². The Bertz CT molecular complexity index is 1080. The highest BCUT2D eigenvalue weighted by atomic mass is 127. The van der Waals surface area contributed by atoms with E-state index in [4.69, 9.17) is 5.11 Å². The van der Waals surface area contributed by atoms with Crippen LogP contribution in [0, 0.1) is 26.8 Å². The molecule has 2 aromatic rings. The Morgan fingerprint density at radius 3 is 2.30 bits per heavy atom. The van der Waals surface area contributed by atoms with Crippen LogP contribution in [0.4, 0.5) is 34.6 Å². The van der Waals surface area contributed by atoms with Crippen molar-refractivity contribution in [3.05, 3.63) is 51.1 Å². The number of hydrogen-bond donors (Lipinski definition) is 4. The maximum absolute atomic E-state index is 14.5. The van der Waals surface area contributed by atoms with Gasteiger partial charge in [-0.05, 0) is 60.1 Å². The number of benzene rings is 2. The first kappa shape index (κ1) is 23.0. The maximum atomic E-state index is 14.5. The molecule has 0 saturated heterocycles. The Labute approximate surface area is 183 Å². The summed E-state index contributed by atoms with van der Waals surface area (Å²) >= 11 is 1.83. The SMILES string of the molecule is O=S(=O)(Nc1c(F)cc(F)c(F)c1Nc1ccc(I)cc1F)C1(C[C@H](O)CO)CC1. The van der Waals surface area contributed by atoms with E-state index < -0.39 is 62.1 Å². The van der Waals surface area contributed by atoms with Gasteiger partial charge in [-0.3, -0.25) is 4.72 Å². The second kappa shape index (κ2) is 8.48. The number of sulfonamides is 1. The van der Waals surface area contributed by atoms with Gasteiger partial charge < -0.3 is 15.5 Å². The van der Waals surface area contributed by atoms with Crippen molar-refractivity contribution in [1.82, 2.24) is 0 Å². The lowest BCUT2D eigenvalue weighted by atomic mass is 10.2. The number of hydrogen-bond acceptors (Lipinski definition) is 5. The molecule has 30 heavy (non-hydrogen) atoms. The molecule has 12 heteroatoms. The van der Waals surface area contributed by atoms with Gasteiger partial charge in [0.1, 0.15) is 17.2 Å². The highest BCUT2D eigenvalue weighted by molar-refractivity contribution is 14.1. The van der Waals surface area contributed by atoms with Crippen LogP contribution in [0.5, 0.6) is 0 Å². The first-order chi connectivity index (χ1) is 14.0. The van der Waals surface area contributed by atoms with Gasteiger partial charge in [0.15, 0.2) is 17.5 Å². The van der Waals surface area contributed by atoms with E-state index in [9.17, 15) is 31.1 Å². The standard InChI is InChI=1S/C18H17F4IN2O4S/c19-11-5-9(23)1-2-14(11)24-17-15(22)12(20)6-13(21)16(17)25-30(28,29)18(3-4-18)7-10(27)8-26/h1-2,5-6,10,24-27H,3-4,7-8H2/t10-/m0/s1. The van der Waals surface area contributed by atoms with Crippen molar-refractivity contribution in [3.8, 4) is 0 Å². The van der Waals surface area contributed by atoms with Crippen LogP contribution in [0.25, 0.3) is 0 Å². The molecule has 1 aliphatic carbocycles. The number of nitrogens with one attached hydrogen (secondary N) is 2. The van der Waals surface area contributed by atoms with Crippen LogP contribution in [0.3, 0.4) is 0 Å². The zero-order valence-corrected chi connectivity index (χ0v) is 18.2. The van der Waals surface area contributed by atoms with Crippen LogP contribution in [0.2, 0.25) is 0 Å². The molecule has 3 rings (SSSR count). The molecule has 1 fully saturated rings. The number of aliphatic hydroxyl groups excluding tert-OH is 2. The molecule has 4 N–H and O–H groups in total. The molecule has 0 aliphatic heterocycles. The average Bonchev–Trinajstić information content (AvgIpc) is 3.45. The van der Waals surface area contributed by atoms with Crippen molar-refractivity contribution in [1.29, 1.82) is 0 Å². The lowest BCUT2D eigenvalue weighted by molar-refractivity contribution is 0.0858. The van der Waals surface area contributed by atoms with Crippen LogP contribution >= 0.6 is 22.6 Å². The van der Waals surface area contributed by atoms with E-state index in [1.54, 1.807) is 0 Å². The Morgan fingerprint density at radius 1 is 1.07 bits per heavy atom. The summed E-state index contributed by atoms with van der Waals surface area (Å²) in [6.45, 7) is -0.671. The first-order valence-electron chi connectivity index (χ1n) is 8.70. The fraction of sp³-hybridized carbons (Fsp3) is 0.333. The largest absolute Gasteiger partial charge is 0.394 e. The van der Waals surface area contributed by atoms with E-state index >= 15 is 0 Å². The van der Waals surface area contributed by atoms with Gasteiger partial charge in [-0.25, -0.2) is 26.0 Å². The Kier molecular flexibility index (Phi) is 6.51. The molecule has 0 amide bonds. The van der Waals surface area contributed by atoms with Crippen LogP contribution in [-0.4, -0.2) is 36.1 Å². The number of halogens is 5. The molecule has 0 aromatic heterocycles. The van der Waals surface area contributed by atoms with Crippen molar-refractivity contribution in [2.24, 2.45) is 0 Å². The molecule has 1 atom stereocenters. The summed E-state index contributed by atoms with van der Waals surface area (Å²) in [5.41, 5.74) is -2.16. The summed E-state index contributed by atoms with van der Waals surface area (Å²) in [7, 11) is -4.38. The van der Waals surface area contributed by atoms with Gasteiger partial charge in [-0.1, -0.05) is 0 Å². The van der Waals surface area contributed by atoms with Gasteiger partial charge in [0.25, 0.3) is 0 Å². The van der Waals surface area contributed by atoms with E-state index in [1.807, 2.05) is 27.3 Å². The van der Waals surface area contributed by atoms with Crippen LogP contribution in [0.1, 0.15) is 19.3 Å². The summed E-state index contributed by atoms with van der Waals surface area (Å²) < 4.78 is 83.4. The normalized spacial score (nSPS) is 16.2. The topological polar surface area (TPSA) is 98.7 Å². The maximum Gasteiger partial charge on any atom is 0.238 e. The van der Waals surface area contributed by atoms with E-state index in [0.717, 1.165) is 6.07 Å². The van der Waals surface area contributed by atoms with Gasteiger partial charge in [0.05, 0.1) is 23.1 Å². The predicted molar refractivity (Wildman–Crippen MR) is 111 cm³/mol. The smallest absolute Gasteiger partial charge is 0.238 e. The lowest BCUT2D eigenvalue weighted by Gasteiger charge is -2.22. The second-order valence-corrected chi connectivity index (χ2v) is 10.3. The van der Waals surface area contributed by atoms with Crippen molar-refractivity contribution in [2.45, 2.75) is 30.1 Å². The van der Waals surface area contributed by atoms with Crippen molar-refractivity contribution >= 4 is 49.7 Å². The summed E-state index contributed by atoms with van der Waals surface area (Å²) in [5, 5.41) is 20.8. The predicted octanol–water partition coefficient (Wildman–Crippen LogP) is 3.61. The molecule has 0 spiro atoms. The second-order valence-electron chi connectivity index (χ2n) is 6.98. The summed E-state index contributed by atoms with van der Waals surface area (Å²) in [4.78, 5) is 0. The summed E-state index contributed by atoms with van der Waals surface area (Å²) in [6.07, 6.45) is -1.39. The van der Waals surface area contributed by atoms with Gasteiger partial charge in [0.2, 0.25) is 10.0 Å². The van der Waals surface area contributed by atoms with Gasteiger partial charge in [-0.2, -0.15) is 0 Å². The minimum Gasteiger partial charge on any atom is -0.394 e. The molecule has 0 unspecified atom stereocenters. The Morgan fingerprint density at radius 2 is 1.73 bits per heavy atom. The minimum atomic E-state index is -4.38. The zero-order valence-electron chi connectivity index (χ0n) is 15.2. The molecule has 0 radical (unpaired) electrons. The van der Waals surface area contributed by atoms with Crippen LogP contribution in [0.15, 0.2) is 24.3 Å². The molecule has 0 bridgehead atoms. The fourth-order valence-electron chi connectivity index (χ4n) is 3.00. The summed E-state index contributed by atoms with van der Waals surface area (Å²) in [5.74, 6) is -5.46. The molecular formula is C18H17F4IN2O4S. The van der Waals surface area contributed by atoms with Crippen molar-refractivity contribution < 1.29 is 36.2 Å². The van der Waals surface area contributed by atoms with E-state index in [2.05, 4.69) is 5.32 Å². The van der Waals surface area contributed by atoms with Crippen molar-refractivity contribution in [3.63, 3.8) is 0 Å². The molecule has 164 valence electrons. The third-order valence-corrected chi connectivity index (χ3v) is 7.65. The average molecular weight is 560 g/mol. The Hall–Kier alpha value is -1.64. The molecule has 2 aromatic carbocycles. The number of rotatable bonds is 8. The molecule has 0 heterocycles. The number of aliphatic hydroxyl groups is 2. The Balaban J connectivity index is 2.02. The third-order valence-electron chi connectivity index (χ3n) is 4.79. The molecule has 6 nitrogen and oxygen atoms in total. The first-order valence-corrected chi connectivity index (χ1v) is 11.3. The molecule has 1 saturated carbocycles. The van der Waals surface area contributed by atoms with E-state index in [1.165, 1.54) is 12.1 Å². The fourth-order valence-corrected chi connectivity index (χ4v) is 5.19. The van der Waals surface area contributed by atoms with E-state index in [0.29, 0.717) is 3.57 Å². The molecular weight excluding hydrogens is 543 g/mol. The summed E-state index contributed by atoms with van der Waals surface area (Å²) in [6, 6.07) is 3.93. The van der Waals surface area contributed by atoms with Crippen molar-refractivity contribution in [2.75, 3.05) is 16.6 Å². The molecule has 1 aliphatic rings. The highest BCUT2D eigenvalue weighted by Gasteiger charge is 2.55. The van der Waals surface area contributed by atoms with Crippen LogP contribution < -0.4 is 10.0 Å². The lowest BCUT2D eigenvalue weighted by Crippen LogP contribution is -2.34. The third kappa shape index (κ3) is 4.50.